The van der Waals surface area contributed by atoms with E-state index in [1.165, 1.54) is 25.7 Å². The molecule has 16 heavy (non-hydrogen) atoms. The van der Waals surface area contributed by atoms with Crippen LogP contribution in [0.2, 0.25) is 0 Å². The van der Waals surface area contributed by atoms with E-state index in [0.29, 0.717) is 18.0 Å². The summed E-state index contributed by atoms with van der Waals surface area (Å²) in [6.45, 7) is 6.77. The van der Waals surface area contributed by atoms with Gasteiger partial charge in [0.2, 0.25) is 0 Å². The second kappa shape index (κ2) is 6.24. The predicted octanol–water partition coefficient (Wildman–Crippen LogP) is 2.75. The largest absolute Gasteiger partial charge is 0.480 e. The standard InChI is InChI=1S/C13H25NO2/c1-4-10(2)11(3)14(9-13(15)16)12-7-5-6-8-12/h10-12H,4-9H2,1-3H3,(H,15,16). The third kappa shape index (κ3) is 3.48. The normalized spacial score (nSPS) is 21.2. The third-order valence-corrected chi connectivity index (χ3v) is 4.10. The minimum atomic E-state index is -0.693. The van der Waals surface area contributed by atoms with Gasteiger partial charge in [0.15, 0.2) is 0 Å². The number of carboxylic acid groups (broad SMARTS) is 1. The van der Waals surface area contributed by atoms with Gasteiger partial charge in [-0.2, -0.15) is 0 Å². The van der Waals surface area contributed by atoms with E-state index in [1.807, 2.05) is 0 Å². The first-order valence-corrected chi connectivity index (χ1v) is 6.53. The highest BCUT2D eigenvalue weighted by Crippen LogP contribution is 2.27. The lowest BCUT2D eigenvalue weighted by Gasteiger charge is -2.36. The maximum absolute atomic E-state index is 10.9. The van der Waals surface area contributed by atoms with E-state index >= 15 is 0 Å². The average molecular weight is 227 g/mol. The molecule has 1 aliphatic rings. The lowest BCUT2D eigenvalue weighted by Crippen LogP contribution is -2.46. The molecule has 1 aliphatic carbocycles. The highest BCUT2D eigenvalue weighted by atomic mass is 16.4. The van der Waals surface area contributed by atoms with Gasteiger partial charge >= 0.3 is 5.97 Å². The molecule has 0 heterocycles. The highest BCUT2D eigenvalue weighted by molar-refractivity contribution is 5.69. The zero-order valence-electron chi connectivity index (χ0n) is 10.8. The Morgan fingerprint density at radius 1 is 1.38 bits per heavy atom. The monoisotopic (exact) mass is 227 g/mol. The van der Waals surface area contributed by atoms with Crippen molar-refractivity contribution in [2.24, 2.45) is 5.92 Å². The van der Waals surface area contributed by atoms with Gasteiger partial charge in [-0.15, -0.1) is 0 Å². The minimum absolute atomic E-state index is 0.205. The number of carboxylic acids is 1. The van der Waals surface area contributed by atoms with Crippen molar-refractivity contribution in [2.75, 3.05) is 6.54 Å². The van der Waals surface area contributed by atoms with Crippen molar-refractivity contribution in [2.45, 2.75) is 65.0 Å². The van der Waals surface area contributed by atoms with Crippen molar-refractivity contribution in [3.8, 4) is 0 Å². The summed E-state index contributed by atoms with van der Waals surface area (Å²) in [6, 6.07) is 0.879. The van der Waals surface area contributed by atoms with E-state index in [-0.39, 0.29) is 6.54 Å². The highest BCUT2D eigenvalue weighted by Gasteiger charge is 2.29. The number of nitrogens with zero attached hydrogens (tertiary/aromatic N) is 1. The van der Waals surface area contributed by atoms with Crippen molar-refractivity contribution >= 4 is 5.97 Å². The van der Waals surface area contributed by atoms with Crippen LogP contribution >= 0.6 is 0 Å². The second-order valence-electron chi connectivity index (χ2n) is 5.13. The lowest BCUT2D eigenvalue weighted by molar-refractivity contribution is -0.140. The fraction of sp³-hybridized carbons (Fsp3) is 0.923. The third-order valence-electron chi connectivity index (χ3n) is 4.10. The summed E-state index contributed by atoms with van der Waals surface area (Å²) in [5.41, 5.74) is 0. The van der Waals surface area contributed by atoms with E-state index in [1.54, 1.807) is 0 Å². The van der Waals surface area contributed by atoms with Crippen molar-refractivity contribution in [1.82, 2.24) is 4.90 Å². The summed E-state index contributed by atoms with van der Waals surface area (Å²) < 4.78 is 0. The van der Waals surface area contributed by atoms with E-state index in [4.69, 9.17) is 5.11 Å². The van der Waals surface area contributed by atoms with Crippen LogP contribution in [0.1, 0.15) is 52.9 Å². The van der Waals surface area contributed by atoms with Gasteiger partial charge in [0.05, 0.1) is 6.54 Å². The predicted molar refractivity (Wildman–Crippen MR) is 65.5 cm³/mol. The van der Waals surface area contributed by atoms with Crippen LogP contribution in [0.25, 0.3) is 0 Å². The second-order valence-corrected chi connectivity index (χ2v) is 5.13. The molecule has 0 aromatic carbocycles. The summed E-state index contributed by atoms with van der Waals surface area (Å²) in [4.78, 5) is 13.2. The quantitative estimate of drug-likeness (QED) is 0.758. The molecule has 0 aromatic rings. The van der Waals surface area contributed by atoms with Crippen molar-refractivity contribution in [3.63, 3.8) is 0 Å². The van der Waals surface area contributed by atoms with Crippen molar-refractivity contribution in [3.05, 3.63) is 0 Å². The van der Waals surface area contributed by atoms with Crippen LogP contribution < -0.4 is 0 Å². The maximum Gasteiger partial charge on any atom is 0.317 e. The van der Waals surface area contributed by atoms with Crippen LogP contribution in [0.5, 0.6) is 0 Å². The topological polar surface area (TPSA) is 40.5 Å². The van der Waals surface area contributed by atoms with E-state index in [2.05, 4.69) is 25.7 Å². The molecular weight excluding hydrogens is 202 g/mol. The summed E-state index contributed by atoms with van der Waals surface area (Å²) >= 11 is 0. The first-order chi connectivity index (χ1) is 7.56. The van der Waals surface area contributed by atoms with Gasteiger partial charge in [-0.1, -0.05) is 33.1 Å². The number of aliphatic carboxylic acids is 1. The molecule has 0 bridgehead atoms. The van der Waals surface area contributed by atoms with E-state index in [0.717, 1.165) is 6.42 Å². The minimum Gasteiger partial charge on any atom is -0.480 e. The van der Waals surface area contributed by atoms with Crippen LogP contribution in [-0.2, 0) is 4.79 Å². The van der Waals surface area contributed by atoms with Gasteiger partial charge in [-0.3, -0.25) is 9.69 Å². The molecule has 3 nitrogen and oxygen atoms in total. The number of rotatable bonds is 6. The Bertz CT molecular complexity index is 224. The molecular formula is C13H25NO2. The first kappa shape index (κ1) is 13.5. The zero-order chi connectivity index (χ0) is 12.1. The molecule has 0 aliphatic heterocycles. The molecule has 94 valence electrons. The molecule has 1 N–H and O–H groups in total. The maximum atomic E-state index is 10.9. The Labute approximate surface area is 98.8 Å². The average Bonchev–Trinajstić information content (AvgIpc) is 2.76. The van der Waals surface area contributed by atoms with Gasteiger partial charge in [0.25, 0.3) is 0 Å². The fourth-order valence-corrected chi connectivity index (χ4v) is 2.67. The molecule has 0 radical (unpaired) electrons. The van der Waals surface area contributed by atoms with E-state index in [9.17, 15) is 4.79 Å². The fourth-order valence-electron chi connectivity index (χ4n) is 2.67. The van der Waals surface area contributed by atoms with E-state index < -0.39 is 5.97 Å². The lowest BCUT2D eigenvalue weighted by atomic mass is 9.97. The molecule has 1 saturated carbocycles. The Morgan fingerprint density at radius 3 is 2.38 bits per heavy atom. The molecule has 0 saturated heterocycles. The molecule has 0 aromatic heterocycles. The van der Waals surface area contributed by atoms with Crippen LogP contribution in [0.15, 0.2) is 0 Å². The molecule has 2 atom stereocenters. The zero-order valence-corrected chi connectivity index (χ0v) is 10.8. The van der Waals surface area contributed by atoms with Crippen molar-refractivity contribution < 1.29 is 9.90 Å². The summed E-state index contributed by atoms with van der Waals surface area (Å²) in [7, 11) is 0. The molecule has 3 heteroatoms. The molecule has 2 unspecified atom stereocenters. The molecule has 0 spiro atoms. The Hall–Kier alpha value is -0.570. The molecule has 1 fully saturated rings. The van der Waals surface area contributed by atoms with Crippen LogP contribution in [-0.4, -0.2) is 34.6 Å². The summed E-state index contributed by atoms with van der Waals surface area (Å²) in [5, 5.41) is 9.01. The first-order valence-electron chi connectivity index (χ1n) is 6.53. The van der Waals surface area contributed by atoms with Gasteiger partial charge in [0.1, 0.15) is 0 Å². The van der Waals surface area contributed by atoms with Crippen LogP contribution in [0.3, 0.4) is 0 Å². The number of hydrogen-bond donors (Lipinski definition) is 1. The Kier molecular flexibility index (Phi) is 5.26. The Morgan fingerprint density at radius 2 is 1.94 bits per heavy atom. The van der Waals surface area contributed by atoms with Crippen LogP contribution in [0.4, 0.5) is 0 Å². The van der Waals surface area contributed by atoms with Gasteiger partial charge in [-0.25, -0.2) is 0 Å². The van der Waals surface area contributed by atoms with Gasteiger partial charge in [0, 0.05) is 12.1 Å². The van der Waals surface area contributed by atoms with Gasteiger partial charge < -0.3 is 5.11 Å². The van der Waals surface area contributed by atoms with Crippen LogP contribution in [0, 0.1) is 5.92 Å². The van der Waals surface area contributed by atoms with Gasteiger partial charge in [-0.05, 0) is 25.7 Å². The SMILES string of the molecule is CCC(C)C(C)N(CC(=O)O)C1CCCC1. The van der Waals surface area contributed by atoms with Crippen molar-refractivity contribution in [1.29, 1.82) is 0 Å². The number of hydrogen-bond acceptors (Lipinski definition) is 2. The summed E-state index contributed by atoms with van der Waals surface area (Å²) in [5.74, 6) is -0.123. The molecule has 1 rings (SSSR count). The smallest absolute Gasteiger partial charge is 0.317 e. The summed E-state index contributed by atoms with van der Waals surface area (Å²) in [6.07, 6.45) is 5.98. The Balaban J connectivity index is 2.64. The number of carbonyl (C=O) groups is 1. The molecule has 0 amide bonds.